The highest BCUT2D eigenvalue weighted by Crippen LogP contribution is 2.24. The molecule has 1 aromatic rings. The van der Waals surface area contributed by atoms with E-state index in [9.17, 15) is 9.59 Å². The lowest BCUT2D eigenvalue weighted by molar-refractivity contribution is -0.140. The molecule has 0 radical (unpaired) electrons. The molecule has 1 fully saturated rings. The van der Waals surface area contributed by atoms with Gasteiger partial charge in [0.05, 0.1) is 5.88 Å². The van der Waals surface area contributed by atoms with E-state index >= 15 is 0 Å². The molecule has 1 aliphatic rings. The van der Waals surface area contributed by atoms with Crippen molar-refractivity contribution in [1.29, 1.82) is 0 Å². The Morgan fingerprint density at radius 2 is 2.05 bits per heavy atom. The lowest BCUT2D eigenvalue weighted by atomic mass is 10.1. The normalized spacial score (nSPS) is 21.0. The van der Waals surface area contributed by atoms with Gasteiger partial charge >= 0.3 is 0 Å². The van der Waals surface area contributed by atoms with Crippen LogP contribution < -0.4 is 5.32 Å². The van der Waals surface area contributed by atoms with E-state index in [2.05, 4.69) is 29.2 Å². The molecule has 1 N–H and O–H groups in total. The van der Waals surface area contributed by atoms with Crippen molar-refractivity contribution in [2.75, 3.05) is 11.6 Å². The second kappa shape index (κ2) is 7.13. The van der Waals surface area contributed by atoms with Crippen molar-refractivity contribution in [3.63, 3.8) is 0 Å². The van der Waals surface area contributed by atoms with Crippen molar-refractivity contribution in [3.05, 3.63) is 12.7 Å². The Morgan fingerprint density at radius 1 is 1.32 bits per heavy atom. The fraction of sp³-hybridized carbons (Fsp3) is 0.714. The van der Waals surface area contributed by atoms with Crippen LogP contribution >= 0.6 is 11.8 Å². The maximum Gasteiger partial charge on any atom is 0.248 e. The minimum absolute atomic E-state index is 0.0784. The number of aromatic nitrogens is 3. The molecule has 2 rings (SSSR count). The van der Waals surface area contributed by atoms with E-state index in [0.29, 0.717) is 17.5 Å². The number of carbonyl (C=O) groups is 2. The molecule has 22 heavy (non-hydrogen) atoms. The van der Waals surface area contributed by atoms with Crippen LogP contribution in [0.3, 0.4) is 0 Å². The topological polar surface area (TPSA) is 80.1 Å². The first-order chi connectivity index (χ1) is 10.4. The van der Waals surface area contributed by atoms with Gasteiger partial charge in [-0.1, -0.05) is 13.8 Å². The summed E-state index contributed by atoms with van der Waals surface area (Å²) in [5.41, 5.74) is 0. The zero-order valence-corrected chi connectivity index (χ0v) is 14.2. The minimum atomic E-state index is -0.459. The second-order valence-electron chi connectivity index (χ2n) is 5.92. The molecule has 3 unspecified atom stereocenters. The molecule has 0 aliphatic carbocycles. The summed E-state index contributed by atoms with van der Waals surface area (Å²) < 4.78 is 1.51. The van der Waals surface area contributed by atoms with Crippen molar-refractivity contribution in [2.24, 2.45) is 5.92 Å². The van der Waals surface area contributed by atoms with Crippen molar-refractivity contribution >= 4 is 23.6 Å². The zero-order valence-electron chi connectivity index (χ0n) is 13.4. The van der Waals surface area contributed by atoms with E-state index in [-0.39, 0.29) is 17.9 Å². The molecular weight excluding hydrogens is 302 g/mol. The third kappa shape index (κ3) is 3.60. The molecule has 0 saturated carbocycles. The largest absolute Gasteiger partial charge is 0.352 e. The number of hydrogen-bond acceptors (Lipinski definition) is 5. The molecule has 0 aromatic carbocycles. The third-order valence-corrected chi connectivity index (χ3v) is 5.04. The van der Waals surface area contributed by atoms with E-state index in [1.54, 1.807) is 23.6 Å². The van der Waals surface area contributed by atoms with Gasteiger partial charge in [0.1, 0.15) is 24.7 Å². The number of hydrogen-bond donors (Lipinski definition) is 1. The van der Waals surface area contributed by atoms with Crippen LogP contribution in [0.25, 0.3) is 0 Å². The highest BCUT2D eigenvalue weighted by atomic mass is 32.2. The van der Waals surface area contributed by atoms with Gasteiger partial charge in [-0.15, -0.1) is 11.8 Å². The molecular formula is C14H23N5O2S. The number of carbonyl (C=O) groups excluding carboxylic acids is 2. The van der Waals surface area contributed by atoms with E-state index in [0.717, 1.165) is 0 Å². The summed E-state index contributed by atoms with van der Waals surface area (Å²) in [6.07, 6.45) is 2.92. The number of nitrogens with one attached hydrogen (secondary N) is 1. The average molecular weight is 325 g/mol. The summed E-state index contributed by atoms with van der Waals surface area (Å²) in [6.45, 7) is 7.87. The summed E-state index contributed by atoms with van der Waals surface area (Å²) in [5.74, 6) is 1.34. The van der Waals surface area contributed by atoms with E-state index in [4.69, 9.17) is 0 Å². The molecule has 2 amide bonds. The predicted molar refractivity (Wildman–Crippen MR) is 85.1 cm³/mol. The average Bonchev–Trinajstić information content (AvgIpc) is 3.16. The van der Waals surface area contributed by atoms with Crippen LogP contribution in [0.1, 0.15) is 33.7 Å². The second-order valence-corrected chi connectivity index (χ2v) is 6.92. The van der Waals surface area contributed by atoms with Gasteiger partial charge in [0.25, 0.3) is 0 Å². The highest BCUT2D eigenvalue weighted by molar-refractivity contribution is 7.99. The maximum atomic E-state index is 12.6. The van der Waals surface area contributed by atoms with Crippen LogP contribution in [0, 0.1) is 5.92 Å². The van der Waals surface area contributed by atoms with Gasteiger partial charge in [0.15, 0.2) is 0 Å². The van der Waals surface area contributed by atoms with E-state index in [1.807, 2.05) is 6.92 Å². The van der Waals surface area contributed by atoms with Gasteiger partial charge in [-0.3, -0.25) is 9.59 Å². The number of nitrogens with zero attached hydrogens (tertiary/aromatic N) is 4. The smallest absolute Gasteiger partial charge is 0.248 e. The van der Waals surface area contributed by atoms with E-state index < -0.39 is 12.1 Å². The number of rotatable bonds is 5. The number of thioether (sulfide) groups is 1. The molecule has 1 saturated heterocycles. The summed E-state index contributed by atoms with van der Waals surface area (Å²) in [5, 5.41) is 7.00. The van der Waals surface area contributed by atoms with Crippen molar-refractivity contribution in [2.45, 2.75) is 45.8 Å². The summed E-state index contributed by atoms with van der Waals surface area (Å²) in [4.78, 5) is 30.6. The first-order valence-electron chi connectivity index (χ1n) is 7.44. The molecule has 7 nitrogen and oxygen atoms in total. The molecule has 1 aromatic heterocycles. The van der Waals surface area contributed by atoms with Crippen molar-refractivity contribution < 1.29 is 9.59 Å². The summed E-state index contributed by atoms with van der Waals surface area (Å²) in [7, 11) is 0. The summed E-state index contributed by atoms with van der Waals surface area (Å²) in [6, 6.07) is -0.786. The molecule has 0 bridgehead atoms. The molecule has 8 heteroatoms. The van der Waals surface area contributed by atoms with E-state index in [1.165, 1.54) is 17.3 Å². The Kier molecular flexibility index (Phi) is 5.44. The standard InChI is InChI=1S/C14H23N5O2S/c1-9(2)10(3)17-13(20)12-5-22-8-18(12)14(21)11(4)19-7-15-6-16-19/h6-7,9-12H,5,8H2,1-4H3,(H,17,20). The van der Waals surface area contributed by atoms with Crippen LogP contribution in [0.2, 0.25) is 0 Å². The predicted octanol–water partition coefficient (Wildman–Crippen LogP) is 0.901. The van der Waals surface area contributed by atoms with Gasteiger partial charge in [0, 0.05) is 11.8 Å². The third-order valence-electron chi connectivity index (χ3n) is 4.03. The molecule has 1 aliphatic heterocycles. The van der Waals surface area contributed by atoms with Crippen molar-refractivity contribution in [3.8, 4) is 0 Å². The van der Waals surface area contributed by atoms with Crippen molar-refractivity contribution in [1.82, 2.24) is 25.0 Å². The van der Waals surface area contributed by atoms with Gasteiger partial charge in [-0.25, -0.2) is 9.67 Å². The quantitative estimate of drug-likeness (QED) is 0.870. The monoisotopic (exact) mass is 325 g/mol. The maximum absolute atomic E-state index is 12.6. The minimum Gasteiger partial charge on any atom is -0.352 e. The van der Waals surface area contributed by atoms with Gasteiger partial charge in [-0.2, -0.15) is 5.10 Å². The van der Waals surface area contributed by atoms with Crippen LogP contribution in [0.15, 0.2) is 12.7 Å². The van der Waals surface area contributed by atoms with Gasteiger partial charge < -0.3 is 10.2 Å². The van der Waals surface area contributed by atoms with Crippen LogP contribution in [0.5, 0.6) is 0 Å². The highest BCUT2D eigenvalue weighted by Gasteiger charge is 2.37. The first kappa shape index (κ1) is 16.8. The number of amides is 2. The van der Waals surface area contributed by atoms with Crippen LogP contribution in [0.4, 0.5) is 0 Å². The van der Waals surface area contributed by atoms with Crippen LogP contribution in [-0.4, -0.2) is 55.2 Å². The van der Waals surface area contributed by atoms with Gasteiger partial charge in [0.2, 0.25) is 11.8 Å². The molecule has 2 heterocycles. The fourth-order valence-electron chi connectivity index (χ4n) is 2.13. The molecule has 0 spiro atoms. The molecule has 122 valence electrons. The first-order valence-corrected chi connectivity index (χ1v) is 8.60. The Hall–Kier alpha value is -1.57. The SMILES string of the molecule is CC(C)C(C)NC(=O)C1CSCN1C(=O)C(C)n1cncn1. The Morgan fingerprint density at radius 3 is 2.64 bits per heavy atom. The Balaban J connectivity index is 2.03. The lowest BCUT2D eigenvalue weighted by Gasteiger charge is -2.27. The summed E-state index contributed by atoms with van der Waals surface area (Å²) >= 11 is 1.60. The van der Waals surface area contributed by atoms with Crippen LogP contribution in [-0.2, 0) is 9.59 Å². The zero-order chi connectivity index (χ0) is 16.3. The Labute approximate surface area is 134 Å². The Bertz CT molecular complexity index is 519. The lowest BCUT2D eigenvalue weighted by Crippen LogP contribution is -2.51. The van der Waals surface area contributed by atoms with Gasteiger partial charge in [-0.05, 0) is 19.8 Å². The molecule has 3 atom stereocenters. The fourth-order valence-corrected chi connectivity index (χ4v) is 3.30.